The van der Waals surface area contributed by atoms with Crippen LogP contribution in [-0.2, 0) is 4.79 Å². The molecule has 1 heterocycles. The highest BCUT2D eigenvalue weighted by Crippen LogP contribution is 2.39. The molecule has 0 N–H and O–H groups in total. The lowest BCUT2D eigenvalue weighted by atomic mass is 10.1. The van der Waals surface area contributed by atoms with E-state index >= 15 is 0 Å². The highest BCUT2D eigenvalue weighted by atomic mass is 19.3. The minimum Gasteiger partial charge on any atom is -0.286 e. The van der Waals surface area contributed by atoms with Crippen molar-refractivity contribution in [3.05, 3.63) is 11.3 Å². The highest BCUT2D eigenvalue weighted by molar-refractivity contribution is 6.05. The zero-order valence-electron chi connectivity index (χ0n) is 6.31. The Bertz CT molecular complexity index is 304. The number of ketones is 1. The Balaban J connectivity index is 2.39. The van der Waals surface area contributed by atoms with Gasteiger partial charge in [-0.2, -0.15) is 8.78 Å². The average Bonchev–Trinajstić information content (AvgIpc) is 2.24. The molecule has 2 aliphatic rings. The first-order valence-electron chi connectivity index (χ1n) is 3.78. The van der Waals surface area contributed by atoms with Crippen molar-refractivity contribution in [3.8, 4) is 0 Å². The molecule has 2 nitrogen and oxygen atoms in total. The maximum absolute atomic E-state index is 12.8. The molecule has 0 atom stereocenters. The van der Waals surface area contributed by atoms with Gasteiger partial charge in [-0.05, 0) is 18.4 Å². The fourth-order valence-electron chi connectivity index (χ4n) is 1.52. The lowest BCUT2D eigenvalue weighted by Gasteiger charge is -2.04. The topological polar surface area (TPSA) is 29.4 Å². The van der Waals surface area contributed by atoms with Gasteiger partial charge in [-0.1, -0.05) is 0 Å². The molecule has 1 aliphatic carbocycles. The van der Waals surface area contributed by atoms with Gasteiger partial charge in [-0.15, -0.1) is 0 Å². The van der Waals surface area contributed by atoms with Gasteiger partial charge in [-0.25, -0.2) is 0 Å². The van der Waals surface area contributed by atoms with Gasteiger partial charge >= 0.3 is 5.92 Å². The van der Waals surface area contributed by atoms with E-state index in [9.17, 15) is 13.6 Å². The number of Topliss-reactive ketones (excluding diaryl/α,β-unsaturated/α-hetero) is 1. The Hall–Kier alpha value is -1.06. The van der Waals surface area contributed by atoms with E-state index in [-0.39, 0.29) is 5.70 Å². The third kappa shape index (κ3) is 0.906. The lowest BCUT2D eigenvalue weighted by molar-refractivity contribution is -0.136. The van der Waals surface area contributed by atoms with Crippen LogP contribution in [0.25, 0.3) is 0 Å². The van der Waals surface area contributed by atoms with Gasteiger partial charge in [0.25, 0.3) is 0 Å². The van der Waals surface area contributed by atoms with Crippen LogP contribution in [0.15, 0.2) is 16.3 Å². The number of alkyl halides is 2. The SMILES string of the molecule is O=C1C2=C(CCC=N2)CC1(F)F. The van der Waals surface area contributed by atoms with Crippen molar-refractivity contribution in [1.82, 2.24) is 0 Å². The van der Waals surface area contributed by atoms with Gasteiger partial charge in [0, 0.05) is 12.6 Å². The van der Waals surface area contributed by atoms with Crippen molar-refractivity contribution in [2.24, 2.45) is 4.99 Å². The van der Waals surface area contributed by atoms with Gasteiger partial charge < -0.3 is 0 Å². The zero-order valence-corrected chi connectivity index (χ0v) is 6.31. The molecule has 0 aromatic carbocycles. The fraction of sp³-hybridized carbons (Fsp3) is 0.500. The first-order valence-corrected chi connectivity index (χ1v) is 3.78. The van der Waals surface area contributed by atoms with Crippen LogP contribution in [0.3, 0.4) is 0 Å². The third-order valence-corrected chi connectivity index (χ3v) is 2.11. The predicted octanol–water partition coefficient (Wildman–Crippen LogP) is 1.71. The first kappa shape index (κ1) is 7.58. The number of halogens is 2. The molecular formula is C8H7F2NO. The summed E-state index contributed by atoms with van der Waals surface area (Å²) in [6.07, 6.45) is 2.33. The summed E-state index contributed by atoms with van der Waals surface area (Å²) in [5, 5.41) is 0. The third-order valence-electron chi connectivity index (χ3n) is 2.11. The molecule has 0 amide bonds. The van der Waals surface area contributed by atoms with Crippen molar-refractivity contribution < 1.29 is 13.6 Å². The molecule has 0 saturated carbocycles. The number of hydrogen-bond donors (Lipinski definition) is 0. The summed E-state index contributed by atoms with van der Waals surface area (Å²) in [7, 11) is 0. The summed E-state index contributed by atoms with van der Waals surface area (Å²) in [4.78, 5) is 14.6. The number of carbonyl (C=O) groups is 1. The van der Waals surface area contributed by atoms with E-state index in [0.717, 1.165) is 0 Å². The van der Waals surface area contributed by atoms with Crippen LogP contribution in [0.5, 0.6) is 0 Å². The van der Waals surface area contributed by atoms with Crippen LogP contribution in [0.4, 0.5) is 8.78 Å². The van der Waals surface area contributed by atoms with Crippen molar-refractivity contribution >= 4 is 12.0 Å². The summed E-state index contributed by atoms with van der Waals surface area (Å²) in [5.41, 5.74) is 0.527. The van der Waals surface area contributed by atoms with E-state index in [0.29, 0.717) is 18.4 Å². The Morgan fingerprint density at radius 2 is 2.25 bits per heavy atom. The fourth-order valence-corrected chi connectivity index (χ4v) is 1.52. The van der Waals surface area contributed by atoms with E-state index in [1.807, 2.05) is 0 Å². The molecule has 0 radical (unpaired) electrons. The number of carbonyl (C=O) groups excluding carboxylic acids is 1. The first-order chi connectivity index (χ1) is 5.61. The molecule has 12 heavy (non-hydrogen) atoms. The maximum Gasteiger partial charge on any atom is 0.315 e. The minimum atomic E-state index is -3.19. The van der Waals surface area contributed by atoms with Crippen LogP contribution >= 0.6 is 0 Å². The maximum atomic E-state index is 12.8. The van der Waals surface area contributed by atoms with Crippen molar-refractivity contribution in [1.29, 1.82) is 0 Å². The molecule has 4 heteroatoms. The van der Waals surface area contributed by atoms with Crippen LogP contribution in [0.2, 0.25) is 0 Å². The molecule has 0 spiro atoms. The molecule has 0 unspecified atom stereocenters. The van der Waals surface area contributed by atoms with Crippen LogP contribution in [-0.4, -0.2) is 17.9 Å². The molecule has 0 aromatic heterocycles. The molecule has 2 rings (SSSR count). The van der Waals surface area contributed by atoms with E-state index in [4.69, 9.17) is 0 Å². The van der Waals surface area contributed by atoms with E-state index in [2.05, 4.69) is 4.99 Å². The largest absolute Gasteiger partial charge is 0.315 e. The summed E-state index contributed by atoms with van der Waals surface area (Å²) < 4.78 is 25.5. The molecule has 0 saturated heterocycles. The normalized spacial score (nSPS) is 26.3. The average molecular weight is 171 g/mol. The molecule has 0 bridgehead atoms. The predicted molar refractivity (Wildman–Crippen MR) is 39.3 cm³/mol. The molecule has 0 aromatic rings. The van der Waals surface area contributed by atoms with Crippen LogP contribution in [0, 0.1) is 0 Å². The van der Waals surface area contributed by atoms with E-state index < -0.39 is 18.1 Å². The Morgan fingerprint density at radius 3 is 2.92 bits per heavy atom. The second kappa shape index (κ2) is 2.21. The Morgan fingerprint density at radius 1 is 1.50 bits per heavy atom. The number of aliphatic imine (C=N–C) groups is 1. The highest BCUT2D eigenvalue weighted by Gasteiger charge is 2.48. The van der Waals surface area contributed by atoms with E-state index in [1.165, 1.54) is 6.21 Å². The monoisotopic (exact) mass is 171 g/mol. The van der Waals surface area contributed by atoms with Crippen molar-refractivity contribution in [2.75, 3.05) is 0 Å². The van der Waals surface area contributed by atoms with Crippen molar-refractivity contribution in [2.45, 2.75) is 25.2 Å². The smallest absolute Gasteiger partial charge is 0.286 e. The minimum absolute atomic E-state index is 0.00579. The second-order valence-electron chi connectivity index (χ2n) is 3.01. The lowest BCUT2D eigenvalue weighted by Crippen LogP contribution is -2.23. The van der Waals surface area contributed by atoms with Crippen LogP contribution in [0.1, 0.15) is 19.3 Å². The van der Waals surface area contributed by atoms with E-state index in [1.54, 1.807) is 0 Å². The molecular weight excluding hydrogens is 164 g/mol. The molecule has 1 aliphatic heterocycles. The number of rotatable bonds is 0. The van der Waals surface area contributed by atoms with Gasteiger partial charge in [0.05, 0.1) is 0 Å². The summed E-state index contributed by atoms with van der Waals surface area (Å²) in [5.74, 6) is -4.29. The Labute approximate surface area is 68.0 Å². The standard InChI is InChI=1S/C8H7F2NO/c9-8(10)4-5-2-1-3-11-6(5)7(8)12/h3H,1-2,4H2. The summed E-state index contributed by atoms with van der Waals surface area (Å²) >= 11 is 0. The molecule has 0 fully saturated rings. The Kier molecular flexibility index (Phi) is 1.40. The summed E-state index contributed by atoms with van der Waals surface area (Å²) in [6, 6.07) is 0. The second-order valence-corrected chi connectivity index (χ2v) is 3.01. The summed E-state index contributed by atoms with van der Waals surface area (Å²) in [6.45, 7) is 0. The number of allylic oxidation sites excluding steroid dienone is 2. The quantitative estimate of drug-likeness (QED) is 0.545. The molecule has 64 valence electrons. The zero-order chi connectivity index (χ0) is 8.77. The van der Waals surface area contributed by atoms with Crippen molar-refractivity contribution in [3.63, 3.8) is 0 Å². The van der Waals surface area contributed by atoms with Gasteiger partial charge in [0.2, 0.25) is 5.78 Å². The van der Waals surface area contributed by atoms with Gasteiger partial charge in [-0.3, -0.25) is 9.79 Å². The number of nitrogens with zero attached hydrogens (tertiary/aromatic N) is 1. The van der Waals surface area contributed by atoms with Gasteiger partial charge in [0.15, 0.2) is 0 Å². The van der Waals surface area contributed by atoms with Crippen LogP contribution < -0.4 is 0 Å². The van der Waals surface area contributed by atoms with Gasteiger partial charge in [0.1, 0.15) is 5.70 Å². The number of hydrogen-bond acceptors (Lipinski definition) is 2.